The molecule has 0 spiro atoms. The SMILES string of the molecule is CCC(CC)C(=O)Nc1ccc(N2CCc3ccccc32)cc1. The summed E-state index contributed by atoms with van der Waals surface area (Å²) in [4.78, 5) is 14.5. The Hall–Kier alpha value is -2.29. The number of para-hydroxylation sites is 1. The van der Waals surface area contributed by atoms with E-state index < -0.39 is 0 Å². The van der Waals surface area contributed by atoms with Crippen molar-refractivity contribution in [3.05, 3.63) is 54.1 Å². The lowest BCUT2D eigenvalue weighted by Gasteiger charge is -2.20. The second kappa shape index (κ2) is 6.86. The molecule has 0 saturated carbocycles. The number of carbonyl (C=O) groups excluding carboxylic acids is 1. The van der Waals surface area contributed by atoms with Gasteiger partial charge in [0.1, 0.15) is 0 Å². The van der Waals surface area contributed by atoms with Crippen LogP contribution in [0.4, 0.5) is 17.1 Å². The fourth-order valence-electron chi connectivity index (χ4n) is 3.23. The molecular formula is C20H24N2O. The molecule has 0 radical (unpaired) electrons. The monoisotopic (exact) mass is 308 g/mol. The molecule has 0 unspecified atom stereocenters. The van der Waals surface area contributed by atoms with Gasteiger partial charge < -0.3 is 10.2 Å². The van der Waals surface area contributed by atoms with Crippen LogP contribution in [-0.4, -0.2) is 12.5 Å². The molecule has 1 N–H and O–H groups in total. The van der Waals surface area contributed by atoms with Gasteiger partial charge in [0.25, 0.3) is 0 Å². The molecule has 1 aliphatic heterocycles. The minimum atomic E-state index is 0.0973. The summed E-state index contributed by atoms with van der Waals surface area (Å²) in [6, 6.07) is 16.7. The van der Waals surface area contributed by atoms with Gasteiger partial charge >= 0.3 is 0 Å². The summed E-state index contributed by atoms with van der Waals surface area (Å²) in [6.45, 7) is 5.13. The molecular weight excluding hydrogens is 284 g/mol. The number of nitrogens with zero attached hydrogens (tertiary/aromatic N) is 1. The minimum Gasteiger partial charge on any atom is -0.341 e. The van der Waals surface area contributed by atoms with E-state index >= 15 is 0 Å². The van der Waals surface area contributed by atoms with Crippen LogP contribution in [0.5, 0.6) is 0 Å². The maximum atomic E-state index is 12.2. The fraction of sp³-hybridized carbons (Fsp3) is 0.350. The van der Waals surface area contributed by atoms with E-state index in [4.69, 9.17) is 0 Å². The Labute approximate surface area is 138 Å². The molecule has 2 aromatic rings. The van der Waals surface area contributed by atoms with Crippen LogP contribution in [0, 0.1) is 5.92 Å². The van der Waals surface area contributed by atoms with E-state index in [1.165, 1.54) is 16.9 Å². The van der Waals surface area contributed by atoms with Gasteiger partial charge in [-0.25, -0.2) is 0 Å². The first-order valence-corrected chi connectivity index (χ1v) is 8.49. The van der Waals surface area contributed by atoms with Crippen LogP contribution in [0.3, 0.4) is 0 Å². The first-order chi connectivity index (χ1) is 11.2. The number of benzene rings is 2. The second-order valence-electron chi connectivity index (χ2n) is 6.08. The average molecular weight is 308 g/mol. The predicted molar refractivity (Wildman–Crippen MR) is 96.3 cm³/mol. The van der Waals surface area contributed by atoms with Gasteiger partial charge in [0.05, 0.1) is 0 Å². The van der Waals surface area contributed by atoms with Gasteiger partial charge in [-0.15, -0.1) is 0 Å². The van der Waals surface area contributed by atoms with Crippen molar-refractivity contribution in [3.8, 4) is 0 Å². The fourth-order valence-corrected chi connectivity index (χ4v) is 3.23. The summed E-state index contributed by atoms with van der Waals surface area (Å²) >= 11 is 0. The van der Waals surface area contributed by atoms with Crippen molar-refractivity contribution in [3.63, 3.8) is 0 Å². The topological polar surface area (TPSA) is 32.3 Å². The summed E-state index contributed by atoms with van der Waals surface area (Å²) in [5, 5.41) is 3.02. The van der Waals surface area contributed by atoms with Crippen molar-refractivity contribution in [2.45, 2.75) is 33.1 Å². The molecule has 1 amide bonds. The summed E-state index contributed by atoms with van der Waals surface area (Å²) in [5.41, 5.74) is 4.74. The molecule has 1 heterocycles. The van der Waals surface area contributed by atoms with Crippen LogP contribution >= 0.6 is 0 Å². The maximum Gasteiger partial charge on any atom is 0.227 e. The van der Waals surface area contributed by atoms with Crippen LogP contribution in [0.25, 0.3) is 0 Å². The maximum absolute atomic E-state index is 12.2. The molecule has 3 nitrogen and oxygen atoms in total. The van der Waals surface area contributed by atoms with Gasteiger partial charge in [0.2, 0.25) is 5.91 Å². The Morgan fingerprint density at radius 2 is 1.78 bits per heavy atom. The van der Waals surface area contributed by atoms with Crippen molar-refractivity contribution in [2.75, 3.05) is 16.8 Å². The Morgan fingerprint density at radius 1 is 1.09 bits per heavy atom. The summed E-state index contributed by atoms with van der Waals surface area (Å²) in [6.07, 6.45) is 2.85. The highest BCUT2D eigenvalue weighted by Gasteiger charge is 2.19. The number of anilines is 3. The quantitative estimate of drug-likeness (QED) is 0.864. The van der Waals surface area contributed by atoms with Crippen molar-refractivity contribution in [1.82, 2.24) is 0 Å². The Bertz CT molecular complexity index is 674. The van der Waals surface area contributed by atoms with Gasteiger partial charge in [-0.2, -0.15) is 0 Å². The van der Waals surface area contributed by atoms with Gasteiger partial charge in [-0.1, -0.05) is 32.0 Å². The van der Waals surface area contributed by atoms with Gasteiger partial charge in [0, 0.05) is 29.5 Å². The zero-order valence-corrected chi connectivity index (χ0v) is 13.9. The molecule has 0 aromatic heterocycles. The molecule has 2 aromatic carbocycles. The Balaban J connectivity index is 1.72. The van der Waals surface area contributed by atoms with Crippen molar-refractivity contribution in [2.24, 2.45) is 5.92 Å². The van der Waals surface area contributed by atoms with Gasteiger partial charge in [-0.3, -0.25) is 4.79 Å². The van der Waals surface area contributed by atoms with Crippen LogP contribution in [0.15, 0.2) is 48.5 Å². The molecule has 120 valence electrons. The standard InChI is InChI=1S/C20H24N2O/c1-3-15(4-2)20(23)21-17-9-11-18(12-10-17)22-14-13-16-7-5-6-8-19(16)22/h5-12,15H,3-4,13-14H2,1-2H3,(H,21,23). The van der Waals surface area contributed by atoms with Gasteiger partial charge in [-0.05, 0) is 55.2 Å². The lowest BCUT2D eigenvalue weighted by molar-refractivity contribution is -0.120. The smallest absolute Gasteiger partial charge is 0.227 e. The number of hydrogen-bond acceptors (Lipinski definition) is 2. The molecule has 0 saturated heterocycles. The zero-order chi connectivity index (χ0) is 16.2. The van der Waals surface area contributed by atoms with Crippen LogP contribution < -0.4 is 10.2 Å². The van der Waals surface area contributed by atoms with Crippen LogP contribution in [-0.2, 0) is 11.2 Å². The highest BCUT2D eigenvalue weighted by atomic mass is 16.1. The molecule has 3 heteroatoms. The largest absolute Gasteiger partial charge is 0.341 e. The van der Waals surface area contributed by atoms with E-state index in [1.807, 2.05) is 12.1 Å². The van der Waals surface area contributed by atoms with Crippen LogP contribution in [0.1, 0.15) is 32.3 Å². The third-order valence-corrected chi connectivity index (χ3v) is 4.69. The number of amides is 1. The molecule has 0 fully saturated rings. The molecule has 0 atom stereocenters. The highest BCUT2D eigenvalue weighted by Crippen LogP contribution is 2.34. The first-order valence-electron chi connectivity index (χ1n) is 8.49. The Morgan fingerprint density at radius 3 is 2.48 bits per heavy atom. The lowest BCUT2D eigenvalue weighted by Crippen LogP contribution is -2.21. The van der Waals surface area contributed by atoms with E-state index in [1.54, 1.807) is 0 Å². The summed E-state index contributed by atoms with van der Waals surface area (Å²) in [7, 11) is 0. The van der Waals surface area contributed by atoms with E-state index in [9.17, 15) is 4.79 Å². The third kappa shape index (κ3) is 3.24. The number of fused-ring (bicyclic) bond motifs is 1. The molecule has 23 heavy (non-hydrogen) atoms. The summed E-state index contributed by atoms with van der Waals surface area (Å²) in [5.74, 6) is 0.217. The number of rotatable bonds is 5. The molecule has 1 aliphatic rings. The Kier molecular flexibility index (Phi) is 4.65. The van der Waals surface area contributed by atoms with Crippen molar-refractivity contribution < 1.29 is 4.79 Å². The van der Waals surface area contributed by atoms with E-state index in [0.29, 0.717) is 0 Å². The third-order valence-electron chi connectivity index (χ3n) is 4.69. The molecule has 0 bridgehead atoms. The van der Waals surface area contributed by atoms with E-state index in [2.05, 4.69) is 60.5 Å². The molecule has 0 aliphatic carbocycles. The van der Waals surface area contributed by atoms with Crippen molar-refractivity contribution >= 4 is 23.0 Å². The predicted octanol–water partition coefficient (Wildman–Crippen LogP) is 4.76. The second-order valence-corrected chi connectivity index (χ2v) is 6.08. The summed E-state index contributed by atoms with van der Waals surface area (Å²) < 4.78 is 0. The number of hydrogen-bond donors (Lipinski definition) is 1. The lowest BCUT2D eigenvalue weighted by atomic mass is 10.0. The number of nitrogens with one attached hydrogen (secondary N) is 1. The number of carbonyl (C=O) groups is 1. The minimum absolute atomic E-state index is 0.0973. The highest BCUT2D eigenvalue weighted by molar-refractivity contribution is 5.92. The first kappa shape index (κ1) is 15.6. The normalized spacial score (nSPS) is 13.3. The average Bonchev–Trinajstić information content (AvgIpc) is 3.01. The van der Waals surface area contributed by atoms with E-state index in [0.717, 1.165) is 31.5 Å². The zero-order valence-electron chi connectivity index (χ0n) is 13.9. The molecule has 3 rings (SSSR count). The van der Waals surface area contributed by atoms with Crippen LogP contribution in [0.2, 0.25) is 0 Å². The van der Waals surface area contributed by atoms with Crippen molar-refractivity contribution in [1.29, 1.82) is 0 Å². The van der Waals surface area contributed by atoms with E-state index in [-0.39, 0.29) is 11.8 Å². The van der Waals surface area contributed by atoms with Gasteiger partial charge in [0.15, 0.2) is 0 Å².